The molecule has 1 atom stereocenters. The molecular weight excluding hydrogens is 122 g/mol. The average Bonchev–Trinajstić information content (AvgIpc) is 2.71. The van der Waals surface area contributed by atoms with Gasteiger partial charge in [0, 0.05) is 6.04 Å². The topological polar surface area (TPSA) is 12.0 Å². The first kappa shape index (κ1) is 7.80. The van der Waals surface area contributed by atoms with Gasteiger partial charge in [-0.1, -0.05) is 18.9 Å². The lowest BCUT2D eigenvalue weighted by molar-refractivity contribution is 0.580. The summed E-state index contributed by atoms with van der Waals surface area (Å²) in [4.78, 5) is 0. The molecule has 58 valence electrons. The molecule has 1 fully saturated rings. The van der Waals surface area contributed by atoms with Gasteiger partial charge in [-0.05, 0) is 25.8 Å². The number of hydrogen-bond donors (Lipinski definition) is 1. The molecule has 0 saturated heterocycles. The van der Waals surface area contributed by atoms with Crippen molar-refractivity contribution in [2.24, 2.45) is 5.92 Å². The van der Waals surface area contributed by atoms with E-state index in [0.717, 1.165) is 12.5 Å². The molecule has 0 aromatic rings. The molecule has 1 rings (SSSR count). The summed E-state index contributed by atoms with van der Waals surface area (Å²) in [5.41, 5.74) is 0. The van der Waals surface area contributed by atoms with Gasteiger partial charge in [0.2, 0.25) is 0 Å². The van der Waals surface area contributed by atoms with Gasteiger partial charge in [-0.15, -0.1) is 6.58 Å². The fraction of sp³-hybridized carbons (Fsp3) is 0.778. The average molecular weight is 139 g/mol. The maximum absolute atomic E-state index is 3.71. The van der Waals surface area contributed by atoms with Crippen molar-refractivity contribution in [1.82, 2.24) is 5.32 Å². The third-order valence-corrected chi connectivity index (χ3v) is 2.07. The molecule has 1 unspecified atom stereocenters. The van der Waals surface area contributed by atoms with Crippen LogP contribution in [0.15, 0.2) is 12.7 Å². The lowest BCUT2D eigenvalue weighted by atomic mass is 10.2. The van der Waals surface area contributed by atoms with E-state index in [1.807, 2.05) is 6.08 Å². The summed E-state index contributed by atoms with van der Waals surface area (Å²) in [6.07, 6.45) is 6.24. The van der Waals surface area contributed by atoms with Gasteiger partial charge >= 0.3 is 0 Å². The highest BCUT2D eigenvalue weighted by Gasteiger charge is 2.19. The van der Waals surface area contributed by atoms with Crippen molar-refractivity contribution in [2.45, 2.75) is 32.2 Å². The molecule has 0 amide bonds. The Kier molecular flexibility index (Phi) is 2.94. The predicted octanol–water partition coefficient (Wildman–Crippen LogP) is 1.95. The molecule has 1 aliphatic rings. The zero-order chi connectivity index (χ0) is 7.40. The highest BCUT2D eigenvalue weighted by Crippen LogP contribution is 2.31. The monoisotopic (exact) mass is 139 g/mol. The van der Waals surface area contributed by atoms with Crippen molar-refractivity contribution in [3.63, 3.8) is 0 Å². The number of rotatable bonds is 5. The largest absolute Gasteiger partial charge is 0.311 e. The number of nitrogens with one attached hydrogen (secondary N) is 1. The van der Waals surface area contributed by atoms with Crippen LogP contribution in [0.25, 0.3) is 0 Å². The van der Waals surface area contributed by atoms with Crippen LogP contribution in [0.4, 0.5) is 0 Å². The maximum atomic E-state index is 3.71. The van der Waals surface area contributed by atoms with E-state index in [2.05, 4.69) is 18.8 Å². The molecule has 1 saturated carbocycles. The van der Waals surface area contributed by atoms with Crippen molar-refractivity contribution in [3.05, 3.63) is 12.7 Å². The Morgan fingerprint density at radius 1 is 1.70 bits per heavy atom. The summed E-state index contributed by atoms with van der Waals surface area (Å²) >= 11 is 0. The Balaban J connectivity index is 1.88. The summed E-state index contributed by atoms with van der Waals surface area (Å²) < 4.78 is 0. The lowest BCUT2D eigenvalue weighted by Crippen LogP contribution is -2.24. The van der Waals surface area contributed by atoms with Crippen molar-refractivity contribution >= 4 is 0 Å². The number of hydrogen-bond acceptors (Lipinski definition) is 1. The second-order valence-electron chi connectivity index (χ2n) is 3.21. The molecule has 0 aromatic carbocycles. The minimum Gasteiger partial charge on any atom is -0.311 e. The zero-order valence-corrected chi connectivity index (χ0v) is 6.77. The van der Waals surface area contributed by atoms with Gasteiger partial charge in [0.15, 0.2) is 0 Å². The van der Waals surface area contributed by atoms with Gasteiger partial charge in [-0.25, -0.2) is 0 Å². The van der Waals surface area contributed by atoms with Gasteiger partial charge in [0.25, 0.3) is 0 Å². The van der Waals surface area contributed by atoms with E-state index in [-0.39, 0.29) is 0 Å². The fourth-order valence-corrected chi connectivity index (χ4v) is 1.00. The smallest absolute Gasteiger partial charge is 0.0219 e. The molecule has 0 heterocycles. The first-order valence-corrected chi connectivity index (χ1v) is 4.19. The van der Waals surface area contributed by atoms with Crippen LogP contribution in [0.3, 0.4) is 0 Å². The van der Waals surface area contributed by atoms with Crippen molar-refractivity contribution in [1.29, 1.82) is 0 Å². The van der Waals surface area contributed by atoms with Crippen LogP contribution >= 0.6 is 0 Å². The molecule has 0 aromatic heterocycles. The van der Waals surface area contributed by atoms with E-state index in [1.165, 1.54) is 19.3 Å². The molecular formula is C9H17N. The second kappa shape index (κ2) is 3.77. The summed E-state index contributed by atoms with van der Waals surface area (Å²) in [5, 5.41) is 3.39. The first-order chi connectivity index (χ1) is 4.83. The van der Waals surface area contributed by atoms with Crippen LogP contribution in [-0.2, 0) is 0 Å². The summed E-state index contributed by atoms with van der Waals surface area (Å²) in [6, 6.07) is 0.485. The quantitative estimate of drug-likeness (QED) is 0.574. The molecule has 1 nitrogen and oxygen atoms in total. The van der Waals surface area contributed by atoms with Crippen LogP contribution in [0.1, 0.15) is 26.2 Å². The first-order valence-electron chi connectivity index (χ1n) is 4.19. The van der Waals surface area contributed by atoms with E-state index >= 15 is 0 Å². The Hall–Kier alpha value is -0.300. The van der Waals surface area contributed by atoms with Crippen LogP contribution in [0, 0.1) is 5.92 Å². The molecule has 1 heteroatoms. The molecule has 1 aliphatic carbocycles. The van der Waals surface area contributed by atoms with Gasteiger partial charge in [-0.3, -0.25) is 0 Å². The normalized spacial score (nSPS) is 20.5. The third-order valence-electron chi connectivity index (χ3n) is 2.07. The highest BCUT2D eigenvalue weighted by molar-refractivity contribution is 4.82. The summed E-state index contributed by atoms with van der Waals surface area (Å²) in [5.74, 6) is 1.05. The van der Waals surface area contributed by atoms with E-state index < -0.39 is 0 Å². The summed E-state index contributed by atoms with van der Waals surface area (Å²) in [7, 11) is 0. The van der Waals surface area contributed by atoms with Crippen molar-refractivity contribution in [2.75, 3.05) is 6.54 Å². The molecule has 0 spiro atoms. The Bertz CT molecular complexity index is 105. The minimum absolute atomic E-state index is 0.485. The standard InChI is InChI=1S/C9H17N/c1-3-8(2)10-7-6-9-4-5-9/h3,8-10H,1,4-7H2,2H3. The maximum Gasteiger partial charge on any atom is 0.0219 e. The zero-order valence-electron chi connectivity index (χ0n) is 6.77. The van der Waals surface area contributed by atoms with Gasteiger partial charge < -0.3 is 5.32 Å². The van der Waals surface area contributed by atoms with Gasteiger partial charge in [0.05, 0.1) is 0 Å². The summed E-state index contributed by atoms with van der Waals surface area (Å²) in [6.45, 7) is 7.01. The van der Waals surface area contributed by atoms with Crippen molar-refractivity contribution in [3.8, 4) is 0 Å². The highest BCUT2D eigenvalue weighted by atomic mass is 14.9. The lowest BCUT2D eigenvalue weighted by Gasteiger charge is -2.07. The molecule has 1 N–H and O–H groups in total. The van der Waals surface area contributed by atoms with E-state index in [0.29, 0.717) is 6.04 Å². The molecule has 0 bridgehead atoms. The van der Waals surface area contributed by atoms with Gasteiger partial charge in [0.1, 0.15) is 0 Å². The van der Waals surface area contributed by atoms with E-state index in [9.17, 15) is 0 Å². The van der Waals surface area contributed by atoms with E-state index in [4.69, 9.17) is 0 Å². The van der Waals surface area contributed by atoms with Crippen LogP contribution in [0.5, 0.6) is 0 Å². The van der Waals surface area contributed by atoms with E-state index in [1.54, 1.807) is 0 Å². The molecule has 0 radical (unpaired) electrons. The minimum atomic E-state index is 0.485. The predicted molar refractivity (Wildman–Crippen MR) is 45.0 cm³/mol. The second-order valence-corrected chi connectivity index (χ2v) is 3.21. The Morgan fingerprint density at radius 2 is 2.40 bits per heavy atom. The van der Waals surface area contributed by atoms with Crippen molar-refractivity contribution < 1.29 is 0 Å². The van der Waals surface area contributed by atoms with Gasteiger partial charge in [-0.2, -0.15) is 0 Å². The SMILES string of the molecule is C=CC(C)NCCC1CC1. The molecule has 10 heavy (non-hydrogen) atoms. The van der Waals surface area contributed by atoms with Crippen LogP contribution in [-0.4, -0.2) is 12.6 Å². The van der Waals surface area contributed by atoms with Crippen LogP contribution in [0.2, 0.25) is 0 Å². The van der Waals surface area contributed by atoms with Crippen LogP contribution < -0.4 is 5.32 Å². The molecule has 0 aliphatic heterocycles. The Morgan fingerprint density at radius 3 is 2.90 bits per heavy atom. The third kappa shape index (κ3) is 3.02. The Labute approximate surface area is 63.5 Å². The fourth-order valence-electron chi connectivity index (χ4n) is 1.00.